The second-order valence-corrected chi connectivity index (χ2v) is 6.33. The number of hydrogen-bond acceptors (Lipinski definition) is 7. The standard InChI is InChI=1S/C13H12BrN5O3S/c1-7(20)16-13-19-18-12(23-13)5-11(22)17-15-6-8-4-9(14)2-3-10(8)21/h2-4,6,21H,5H2,1H3,(H,17,22)(H,16,19,20)/b15-6-. The van der Waals surface area contributed by atoms with Gasteiger partial charge in [-0.2, -0.15) is 5.10 Å². The van der Waals surface area contributed by atoms with Gasteiger partial charge in [0.05, 0.1) is 12.6 Å². The zero-order valence-corrected chi connectivity index (χ0v) is 14.3. The Labute approximate surface area is 143 Å². The van der Waals surface area contributed by atoms with Crippen LogP contribution in [0.4, 0.5) is 5.13 Å². The Morgan fingerprint density at radius 3 is 2.96 bits per heavy atom. The summed E-state index contributed by atoms with van der Waals surface area (Å²) in [5.74, 6) is -0.591. The van der Waals surface area contributed by atoms with Crippen LogP contribution in [0.1, 0.15) is 17.5 Å². The molecule has 8 nitrogen and oxygen atoms in total. The van der Waals surface area contributed by atoms with E-state index in [2.05, 4.69) is 42.0 Å². The topological polar surface area (TPSA) is 117 Å². The van der Waals surface area contributed by atoms with E-state index < -0.39 is 0 Å². The first-order chi connectivity index (χ1) is 10.9. The minimum absolute atomic E-state index is 0.0148. The number of nitrogens with one attached hydrogen (secondary N) is 2. The first kappa shape index (κ1) is 17.0. The van der Waals surface area contributed by atoms with Gasteiger partial charge in [0, 0.05) is 17.0 Å². The summed E-state index contributed by atoms with van der Waals surface area (Å²) in [5.41, 5.74) is 2.79. The molecular formula is C13H12BrN5O3S. The molecule has 0 atom stereocenters. The summed E-state index contributed by atoms with van der Waals surface area (Å²) < 4.78 is 0.780. The lowest BCUT2D eigenvalue weighted by molar-refractivity contribution is -0.120. The van der Waals surface area contributed by atoms with E-state index in [1.54, 1.807) is 12.1 Å². The van der Waals surface area contributed by atoms with Crippen molar-refractivity contribution in [2.24, 2.45) is 5.10 Å². The second kappa shape index (κ2) is 7.79. The van der Waals surface area contributed by atoms with Gasteiger partial charge in [-0.1, -0.05) is 27.3 Å². The molecule has 0 spiro atoms. The Morgan fingerprint density at radius 1 is 1.43 bits per heavy atom. The predicted octanol–water partition coefficient (Wildman–Crippen LogP) is 1.66. The van der Waals surface area contributed by atoms with Crippen LogP contribution >= 0.6 is 27.3 Å². The maximum Gasteiger partial charge on any atom is 0.247 e. The Kier molecular flexibility index (Phi) is 5.77. The average Bonchev–Trinajstić information content (AvgIpc) is 2.88. The molecule has 0 aliphatic carbocycles. The highest BCUT2D eigenvalue weighted by atomic mass is 79.9. The number of hydrazone groups is 1. The molecule has 0 bridgehead atoms. The molecule has 2 rings (SSSR count). The normalized spacial score (nSPS) is 10.7. The van der Waals surface area contributed by atoms with Crippen LogP contribution in [0.15, 0.2) is 27.8 Å². The van der Waals surface area contributed by atoms with Crippen molar-refractivity contribution in [3.63, 3.8) is 0 Å². The quantitative estimate of drug-likeness (QED) is 0.523. The molecule has 0 aliphatic heterocycles. The van der Waals surface area contributed by atoms with Crippen molar-refractivity contribution >= 4 is 50.4 Å². The smallest absolute Gasteiger partial charge is 0.247 e. The fraction of sp³-hybridized carbons (Fsp3) is 0.154. The van der Waals surface area contributed by atoms with Gasteiger partial charge in [-0.3, -0.25) is 9.59 Å². The third-order valence-corrected chi connectivity index (χ3v) is 3.78. The molecule has 1 aromatic heterocycles. The van der Waals surface area contributed by atoms with Crippen molar-refractivity contribution in [2.75, 3.05) is 5.32 Å². The lowest BCUT2D eigenvalue weighted by Gasteiger charge is -2.00. The summed E-state index contributed by atoms with van der Waals surface area (Å²) in [5, 5.41) is 24.2. The highest BCUT2D eigenvalue weighted by Crippen LogP contribution is 2.20. The van der Waals surface area contributed by atoms with Crippen molar-refractivity contribution in [1.82, 2.24) is 15.6 Å². The molecule has 0 unspecified atom stereocenters. The largest absolute Gasteiger partial charge is 0.507 e. The Bertz CT molecular complexity index is 762. The molecule has 0 fully saturated rings. The van der Waals surface area contributed by atoms with Crippen LogP contribution in [0.5, 0.6) is 5.75 Å². The molecular weight excluding hydrogens is 386 g/mol. The van der Waals surface area contributed by atoms with Crippen molar-refractivity contribution in [1.29, 1.82) is 0 Å². The summed E-state index contributed by atoms with van der Waals surface area (Å²) in [7, 11) is 0. The molecule has 2 amide bonds. The number of nitrogens with zero attached hydrogens (tertiary/aromatic N) is 3. The number of phenolic OH excluding ortho intramolecular Hbond substituents is 1. The monoisotopic (exact) mass is 397 g/mol. The van der Waals surface area contributed by atoms with Crippen LogP contribution in [0.2, 0.25) is 0 Å². The third kappa shape index (κ3) is 5.42. The Balaban J connectivity index is 1.89. The number of phenols is 1. The van der Waals surface area contributed by atoms with Gasteiger partial charge in [0.2, 0.25) is 16.9 Å². The van der Waals surface area contributed by atoms with Gasteiger partial charge in [0.1, 0.15) is 10.8 Å². The van der Waals surface area contributed by atoms with Gasteiger partial charge in [0.25, 0.3) is 0 Å². The van der Waals surface area contributed by atoms with Gasteiger partial charge >= 0.3 is 0 Å². The van der Waals surface area contributed by atoms with Crippen molar-refractivity contribution in [2.45, 2.75) is 13.3 Å². The summed E-state index contributed by atoms with van der Waals surface area (Å²) >= 11 is 4.39. The molecule has 1 aromatic carbocycles. The zero-order chi connectivity index (χ0) is 16.8. The number of amides is 2. The number of benzene rings is 1. The number of anilines is 1. The SMILES string of the molecule is CC(=O)Nc1nnc(CC(=O)N/N=C\c2cc(Br)ccc2O)s1. The van der Waals surface area contributed by atoms with Gasteiger partial charge in [-0.25, -0.2) is 5.43 Å². The molecule has 3 N–H and O–H groups in total. The van der Waals surface area contributed by atoms with Crippen LogP contribution in [0, 0.1) is 0 Å². The Hall–Kier alpha value is -2.33. The van der Waals surface area contributed by atoms with E-state index in [-0.39, 0.29) is 24.0 Å². The fourth-order valence-electron chi connectivity index (χ4n) is 1.51. The number of hydrogen-bond donors (Lipinski definition) is 3. The molecule has 0 radical (unpaired) electrons. The van der Waals surface area contributed by atoms with E-state index in [4.69, 9.17) is 0 Å². The number of halogens is 1. The predicted molar refractivity (Wildman–Crippen MR) is 89.5 cm³/mol. The number of aromatic hydroxyl groups is 1. The highest BCUT2D eigenvalue weighted by Gasteiger charge is 2.09. The third-order valence-electron chi connectivity index (χ3n) is 2.44. The molecule has 0 aliphatic rings. The summed E-state index contributed by atoms with van der Waals surface area (Å²) in [6.45, 7) is 1.36. The van der Waals surface area contributed by atoms with Gasteiger partial charge < -0.3 is 10.4 Å². The lowest BCUT2D eigenvalue weighted by atomic mass is 10.2. The van der Waals surface area contributed by atoms with Gasteiger partial charge in [-0.15, -0.1) is 10.2 Å². The number of rotatable bonds is 5. The highest BCUT2D eigenvalue weighted by molar-refractivity contribution is 9.10. The number of carbonyl (C=O) groups is 2. The molecule has 0 saturated heterocycles. The van der Waals surface area contributed by atoms with Crippen molar-refractivity contribution < 1.29 is 14.7 Å². The van der Waals surface area contributed by atoms with E-state index >= 15 is 0 Å². The first-order valence-electron chi connectivity index (χ1n) is 6.34. The minimum Gasteiger partial charge on any atom is -0.507 e. The van der Waals surface area contributed by atoms with Gasteiger partial charge in [0.15, 0.2) is 0 Å². The van der Waals surface area contributed by atoms with Crippen LogP contribution < -0.4 is 10.7 Å². The molecule has 1 heterocycles. The molecule has 2 aromatic rings. The van der Waals surface area contributed by atoms with Crippen molar-refractivity contribution in [3.05, 3.63) is 33.2 Å². The minimum atomic E-state index is -0.388. The average molecular weight is 398 g/mol. The van der Waals surface area contributed by atoms with E-state index in [1.165, 1.54) is 19.2 Å². The summed E-state index contributed by atoms with van der Waals surface area (Å²) in [6.07, 6.45) is 1.32. The second-order valence-electron chi connectivity index (χ2n) is 4.36. The van der Waals surface area contributed by atoms with E-state index in [9.17, 15) is 14.7 Å². The van der Waals surface area contributed by atoms with E-state index in [1.807, 2.05) is 0 Å². The summed E-state index contributed by atoms with van der Waals surface area (Å²) in [6, 6.07) is 4.86. The maximum absolute atomic E-state index is 11.7. The summed E-state index contributed by atoms with van der Waals surface area (Å²) in [4.78, 5) is 22.6. The molecule has 0 saturated carbocycles. The van der Waals surface area contributed by atoms with E-state index in [0.29, 0.717) is 15.7 Å². The van der Waals surface area contributed by atoms with Crippen LogP contribution in [-0.2, 0) is 16.0 Å². The van der Waals surface area contributed by atoms with Crippen LogP contribution in [-0.4, -0.2) is 33.3 Å². The molecule has 23 heavy (non-hydrogen) atoms. The number of carbonyl (C=O) groups excluding carboxylic acids is 2. The zero-order valence-electron chi connectivity index (χ0n) is 11.9. The van der Waals surface area contributed by atoms with Gasteiger partial charge in [-0.05, 0) is 18.2 Å². The number of aromatic nitrogens is 2. The van der Waals surface area contributed by atoms with Crippen LogP contribution in [0.25, 0.3) is 0 Å². The molecule has 120 valence electrons. The maximum atomic E-state index is 11.7. The Morgan fingerprint density at radius 2 is 2.22 bits per heavy atom. The van der Waals surface area contributed by atoms with Crippen molar-refractivity contribution in [3.8, 4) is 5.75 Å². The first-order valence-corrected chi connectivity index (χ1v) is 7.95. The van der Waals surface area contributed by atoms with Crippen LogP contribution in [0.3, 0.4) is 0 Å². The lowest BCUT2D eigenvalue weighted by Crippen LogP contribution is -2.19. The fourth-order valence-corrected chi connectivity index (χ4v) is 2.67. The molecule has 10 heteroatoms. The van der Waals surface area contributed by atoms with E-state index in [0.717, 1.165) is 15.8 Å².